The minimum atomic E-state index is -0.579. The first-order valence-electron chi connectivity index (χ1n) is 9.09. The largest absolute Gasteiger partial charge is 0.422 e. The number of nitrogens with one attached hydrogen (secondary N) is 1. The number of fused-ring (bicyclic) bond motifs is 2. The van der Waals surface area contributed by atoms with Crippen LogP contribution in [0.1, 0.15) is 28.8 Å². The van der Waals surface area contributed by atoms with Crippen LogP contribution in [0.25, 0.3) is 21.9 Å². The number of benzene rings is 2. The Balaban J connectivity index is 1.50. The van der Waals surface area contributed by atoms with Crippen LogP contribution in [-0.4, -0.2) is 21.8 Å². The average Bonchev–Trinajstić information content (AvgIpc) is 3.42. The van der Waals surface area contributed by atoms with Gasteiger partial charge >= 0.3 is 5.63 Å². The smallest absolute Gasteiger partial charge is 0.349 e. The van der Waals surface area contributed by atoms with E-state index in [0.29, 0.717) is 12.1 Å². The van der Waals surface area contributed by atoms with Crippen LogP contribution in [0, 0.1) is 0 Å². The van der Waals surface area contributed by atoms with Gasteiger partial charge in [-0.1, -0.05) is 30.3 Å². The number of aromatic nitrogens is 1. The summed E-state index contributed by atoms with van der Waals surface area (Å²) in [5.41, 5.74) is 2.09. The minimum absolute atomic E-state index is 0.0987. The summed E-state index contributed by atoms with van der Waals surface area (Å²) in [7, 11) is 0. The number of hydrogen-bond donors (Lipinski definition) is 1. The van der Waals surface area contributed by atoms with Gasteiger partial charge in [0.25, 0.3) is 5.91 Å². The summed E-state index contributed by atoms with van der Waals surface area (Å²) >= 11 is 0. The molecule has 5 rings (SSSR count). The van der Waals surface area contributed by atoms with Gasteiger partial charge in [0, 0.05) is 29.7 Å². The highest BCUT2D eigenvalue weighted by molar-refractivity contribution is 5.97. The molecule has 1 aliphatic carbocycles. The van der Waals surface area contributed by atoms with Crippen molar-refractivity contribution in [3.8, 4) is 0 Å². The SMILES string of the molecule is O=C(c1cc2ccccc2oc1=O)N(Cc1ccc2cc[nH]c2c1)C1CC1. The summed E-state index contributed by atoms with van der Waals surface area (Å²) in [5.74, 6) is -0.261. The maximum Gasteiger partial charge on any atom is 0.349 e. The molecule has 2 aromatic heterocycles. The molecule has 5 heteroatoms. The molecule has 1 aliphatic rings. The molecule has 27 heavy (non-hydrogen) atoms. The zero-order chi connectivity index (χ0) is 18.4. The van der Waals surface area contributed by atoms with Crippen LogP contribution in [0.2, 0.25) is 0 Å². The molecule has 0 aliphatic heterocycles. The molecule has 0 spiro atoms. The number of rotatable bonds is 4. The Bertz CT molecular complexity index is 1220. The number of carbonyl (C=O) groups excluding carboxylic acids is 1. The molecule has 0 bridgehead atoms. The van der Waals surface area contributed by atoms with Crippen molar-refractivity contribution in [3.63, 3.8) is 0 Å². The third-order valence-electron chi connectivity index (χ3n) is 5.09. The predicted octanol–water partition coefficient (Wildman–Crippen LogP) is 4.08. The van der Waals surface area contributed by atoms with Gasteiger partial charge < -0.3 is 14.3 Å². The molecule has 2 heterocycles. The Morgan fingerprint density at radius 2 is 1.93 bits per heavy atom. The zero-order valence-corrected chi connectivity index (χ0v) is 14.6. The van der Waals surface area contributed by atoms with E-state index in [1.807, 2.05) is 36.5 Å². The molecule has 1 fully saturated rings. The van der Waals surface area contributed by atoms with Gasteiger partial charge in [-0.15, -0.1) is 0 Å². The van der Waals surface area contributed by atoms with E-state index in [9.17, 15) is 9.59 Å². The Labute approximate surface area is 155 Å². The van der Waals surface area contributed by atoms with E-state index in [2.05, 4.69) is 11.1 Å². The molecule has 4 aromatic rings. The van der Waals surface area contributed by atoms with Gasteiger partial charge in [0.15, 0.2) is 0 Å². The quantitative estimate of drug-likeness (QED) is 0.559. The van der Waals surface area contributed by atoms with Crippen LogP contribution in [-0.2, 0) is 6.54 Å². The van der Waals surface area contributed by atoms with Crippen molar-refractivity contribution in [2.24, 2.45) is 0 Å². The maximum atomic E-state index is 13.2. The number of hydrogen-bond acceptors (Lipinski definition) is 3. The van der Waals surface area contributed by atoms with Crippen LogP contribution in [0.4, 0.5) is 0 Å². The minimum Gasteiger partial charge on any atom is -0.422 e. The van der Waals surface area contributed by atoms with Crippen molar-refractivity contribution < 1.29 is 9.21 Å². The second-order valence-electron chi connectivity index (χ2n) is 7.05. The van der Waals surface area contributed by atoms with Gasteiger partial charge in [-0.05, 0) is 48.1 Å². The second kappa shape index (κ2) is 6.13. The number of H-pyrrole nitrogens is 1. The molecule has 1 amide bonds. The van der Waals surface area contributed by atoms with Crippen LogP contribution in [0.15, 0.2) is 70.0 Å². The highest BCUT2D eigenvalue weighted by Crippen LogP contribution is 2.30. The first kappa shape index (κ1) is 15.9. The molecule has 0 saturated heterocycles. The van der Waals surface area contributed by atoms with Crippen LogP contribution < -0.4 is 5.63 Å². The summed E-state index contributed by atoms with van der Waals surface area (Å²) in [4.78, 5) is 30.6. The molecule has 0 atom stereocenters. The summed E-state index contributed by atoms with van der Waals surface area (Å²) in [6.45, 7) is 0.477. The van der Waals surface area contributed by atoms with Crippen LogP contribution in [0.3, 0.4) is 0 Å². The van der Waals surface area contributed by atoms with Gasteiger partial charge in [-0.3, -0.25) is 4.79 Å². The average molecular weight is 358 g/mol. The fourth-order valence-corrected chi connectivity index (χ4v) is 3.51. The Kier molecular flexibility index (Phi) is 3.60. The van der Waals surface area contributed by atoms with Gasteiger partial charge in [0.05, 0.1) is 0 Å². The van der Waals surface area contributed by atoms with E-state index in [4.69, 9.17) is 4.42 Å². The second-order valence-corrected chi connectivity index (χ2v) is 7.05. The van der Waals surface area contributed by atoms with Crippen LogP contribution in [0.5, 0.6) is 0 Å². The monoisotopic (exact) mass is 358 g/mol. The Morgan fingerprint density at radius 3 is 2.78 bits per heavy atom. The molecule has 2 aromatic carbocycles. The third-order valence-corrected chi connectivity index (χ3v) is 5.09. The van der Waals surface area contributed by atoms with Gasteiger partial charge in [-0.25, -0.2) is 4.79 Å². The predicted molar refractivity (Wildman–Crippen MR) is 104 cm³/mol. The van der Waals surface area contributed by atoms with E-state index in [1.165, 1.54) is 0 Å². The Morgan fingerprint density at radius 1 is 1.07 bits per heavy atom. The van der Waals surface area contributed by atoms with E-state index in [-0.39, 0.29) is 17.5 Å². The number of nitrogens with zero attached hydrogens (tertiary/aromatic N) is 1. The third kappa shape index (κ3) is 2.91. The highest BCUT2D eigenvalue weighted by Gasteiger charge is 2.34. The zero-order valence-electron chi connectivity index (χ0n) is 14.6. The van der Waals surface area contributed by atoms with Crippen molar-refractivity contribution in [2.45, 2.75) is 25.4 Å². The van der Waals surface area contributed by atoms with E-state index in [1.54, 1.807) is 23.1 Å². The topological polar surface area (TPSA) is 66.3 Å². The van der Waals surface area contributed by atoms with Crippen molar-refractivity contribution in [2.75, 3.05) is 0 Å². The molecule has 134 valence electrons. The lowest BCUT2D eigenvalue weighted by Crippen LogP contribution is -2.35. The van der Waals surface area contributed by atoms with Gasteiger partial charge in [-0.2, -0.15) is 0 Å². The van der Waals surface area contributed by atoms with Crippen molar-refractivity contribution in [1.29, 1.82) is 0 Å². The standard InChI is InChI=1S/C22H18N2O3/c25-21(18-12-16-3-1-2-4-20(16)27-22(18)26)24(17-7-8-17)13-14-5-6-15-9-10-23-19(15)11-14/h1-6,9-12,17,23H,7-8,13H2. The molecule has 0 unspecified atom stereocenters. The lowest BCUT2D eigenvalue weighted by Gasteiger charge is -2.22. The normalized spacial score (nSPS) is 13.9. The lowest BCUT2D eigenvalue weighted by molar-refractivity contribution is 0.0726. The van der Waals surface area contributed by atoms with Gasteiger partial charge in [0.1, 0.15) is 11.1 Å². The van der Waals surface area contributed by atoms with Crippen molar-refractivity contribution in [3.05, 3.63) is 82.3 Å². The maximum absolute atomic E-state index is 13.2. The first-order chi connectivity index (χ1) is 13.2. The van der Waals surface area contributed by atoms with Crippen LogP contribution >= 0.6 is 0 Å². The summed E-state index contributed by atoms with van der Waals surface area (Å²) in [6, 6.07) is 17.2. The van der Waals surface area contributed by atoms with E-state index in [0.717, 1.165) is 34.7 Å². The van der Waals surface area contributed by atoms with Crippen molar-refractivity contribution >= 4 is 27.8 Å². The van der Waals surface area contributed by atoms with Gasteiger partial charge in [0.2, 0.25) is 0 Å². The molecule has 1 N–H and O–H groups in total. The highest BCUT2D eigenvalue weighted by atomic mass is 16.4. The molecule has 1 saturated carbocycles. The van der Waals surface area contributed by atoms with E-state index >= 15 is 0 Å². The first-order valence-corrected chi connectivity index (χ1v) is 9.09. The molecular weight excluding hydrogens is 340 g/mol. The number of carbonyl (C=O) groups is 1. The van der Waals surface area contributed by atoms with Crippen molar-refractivity contribution in [1.82, 2.24) is 9.88 Å². The summed E-state index contributed by atoms with van der Waals surface area (Å²) < 4.78 is 5.35. The molecular formula is C22H18N2O3. The fourth-order valence-electron chi connectivity index (χ4n) is 3.51. The summed E-state index contributed by atoms with van der Waals surface area (Å²) in [5, 5.41) is 1.89. The Hall–Kier alpha value is -3.34. The van der Waals surface area contributed by atoms with E-state index < -0.39 is 5.63 Å². The molecule has 5 nitrogen and oxygen atoms in total. The fraction of sp³-hybridized carbons (Fsp3) is 0.182. The number of amides is 1. The number of aromatic amines is 1. The summed E-state index contributed by atoms with van der Waals surface area (Å²) in [6.07, 6.45) is 3.84. The molecule has 0 radical (unpaired) electrons. The lowest BCUT2D eigenvalue weighted by atomic mass is 10.1. The number of para-hydroxylation sites is 1.